The molecular formula is C19H29N3O2. The maximum atomic E-state index is 12.4. The van der Waals surface area contributed by atoms with Crippen molar-refractivity contribution in [2.75, 3.05) is 26.2 Å². The molecule has 3 amide bonds. The Morgan fingerprint density at radius 2 is 1.71 bits per heavy atom. The Labute approximate surface area is 145 Å². The first kappa shape index (κ1) is 18.3. The fourth-order valence-corrected chi connectivity index (χ4v) is 2.84. The molecule has 1 fully saturated rings. The van der Waals surface area contributed by atoms with Crippen molar-refractivity contribution < 1.29 is 9.59 Å². The first-order valence-corrected chi connectivity index (χ1v) is 8.65. The molecule has 2 rings (SSSR count). The van der Waals surface area contributed by atoms with Crippen LogP contribution in [0.4, 0.5) is 4.79 Å². The predicted octanol–water partition coefficient (Wildman–Crippen LogP) is 2.58. The largest absolute Gasteiger partial charge is 0.339 e. The smallest absolute Gasteiger partial charge is 0.317 e. The molecular weight excluding hydrogens is 302 g/mol. The maximum absolute atomic E-state index is 12.4. The van der Waals surface area contributed by atoms with Crippen molar-refractivity contribution in [2.45, 2.75) is 46.1 Å². The summed E-state index contributed by atoms with van der Waals surface area (Å²) in [5, 5.41) is 2.97. The van der Waals surface area contributed by atoms with Crippen molar-refractivity contribution in [3.8, 4) is 0 Å². The normalized spacial score (nSPS) is 15.3. The van der Waals surface area contributed by atoms with Crippen LogP contribution in [-0.4, -0.2) is 53.5 Å². The molecule has 1 aromatic rings. The summed E-state index contributed by atoms with van der Waals surface area (Å²) in [5.41, 5.74) is 2.18. The van der Waals surface area contributed by atoms with Crippen LogP contribution in [0.15, 0.2) is 24.3 Å². The summed E-state index contributed by atoms with van der Waals surface area (Å²) in [6.45, 7) is 10.4. The molecule has 1 N–H and O–H groups in total. The van der Waals surface area contributed by atoms with E-state index in [-0.39, 0.29) is 17.5 Å². The summed E-state index contributed by atoms with van der Waals surface area (Å²) in [6, 6.07) is 8.24. The lowest BCUT2D eigenvalue weighted by Gasteiger charge is -2.36. The molecule has 5 nitrogen and oxygen atoms in total. The third-order valence-electron chi connectivity index (χ3n) is 4.11. The topological polar surface area (TPSA) is 52.7 Å². The molecule has 132 valence electrons. The molecule has 1 saturated heterocycles. The number of carbonyl (C=O) groups is 2. The summed E-state index contributed by atoms with van der Waals surface area (Å²) in [7, 11) is 0. The van der Waals surface area contributed by atoms with E-state index in [9.17, 15) is 9.59 Å². The van der Waals surface area contributed by atoms with E-state index in [4.69, 9.17) is 0 Å². The number of hydrogen-bond acceptors (Lipinski definition) is 2. The van der Waals surface area contributed by atoms with Gasteiger partial charge in [-0.2, -0.15) is 0 Å². The molecule has 0 radical (unpaired) electrons. The highest BCUT2D eigenvalue weighted by Crippen LogP contribution is 2.10. The molecule has 0 spiro atoms. The number of nitrogens with one attached hydrogen (secondary N) is 1. The minimum Gasteiger partial charge on any atom is -0.339 e. The second kappa shape index (κ2) is 7.69. The second-order valence-electron chi connectivity index (χ2n) is 7.54. The summed E-state index contributed by atoms with van der Waals surface area (Å²) in [5.74, 6) is 0.174. The Morgan fingerprint density at radius 3 is 2.29 bits per heavy atom. The van der Waals surface area contributed by atoms with Crippen LogP contribution in [0.5, 0.6) is 0 Å². The van der Waals surface area contributed by atoms with Gasteiger partial charge in [0.2, 0.25) is 5.91 Å². The van der Waals surface area contributed by atoms with Crippen LogP contribution in [0.3, 0.4) is 0 Å². The number of urea groups is 1. The zero-order valence-corrected chi connectivity index (χ0v) is 15.3. The average molecular weight is 331 g/mol. The number of benzene rings is 1. The molecule has 5 heteroatoms. The van der Waals surface area contributed by atoms with Crippen LogP contribution in [-0.2, 0) is 11.2 Å². The molecule has 0 aromatic heterocycles. The predicted molar refractivity (Wildman–Crippen MR) is 95.9 cm³/mol. The summed E-state index contributed by atoms with van der Waals surface area (Å²) in [4.78, 5) is 28.2. The number of piperazine rings is 1. The Morgan fingerprint density at radius 1 is 1.08 bits per heavy atom. The van der Waals surface area contributed by atoms with E-state index in [1.807, 2.05) is 31.7 Å². The number of amides is 3. The van der Waals surface area contributed by atoms with Crippen LogP contribution in [0, 0.1) is 6.92 Å². The van der Waals surface area contributed by atoms with E-state index >= 15 is 0 Å². The average Bonchev–Trinajstić information content (AvgIpc) is 2.51. The van der Waals surface area contributed by atoms with Crippen molar-refractivity contribution in [1.82, 2.24) is 15.1 Å². The Balaban J connectivity index is 1.77. The van der Waals surface area contributed by atoms with Gasteiger partial charge in [-0.25, -0.2) is 4.79 Å². The number of aryl methyl sites for hydroxylation is 2. The molecule has 1 heterocycles. The highest BCUT2D eigenvalue weighted by Gasteiger charge is 2.25. The van der Waals surface area contributed by atoms with Crippen molar-refractivity contribution in [3.63, 3.8) is 0 Å². The van der Waals surface area contributed by atoms with Gasteiger partial charge in [0.05, 0.1) is 0 Å². The van der Waals surface area contributed by atoms with Gasteiger partial charge >= 0.3 is 6.03 Å². The lowest BCUT2D eigenvalue weighted by atomic mass is 10.1. The van der Waals surface area contributed by atoms with Gasteiger partial charge in [0, 0.05) is 38.1 Å². The van der Waals surface area contributed by atoms with E-state index in [2.05, 4.69) is 30.4 Å². The van der Waals surface area contributed by atoms with Gasteiger partial charge < -0.3 is 15.1 Å². The minimum absolute atomic E-state index is 0.0469. The first-order valence-electron chi connectivity index (χ1n) is 8.65. The van der Waals surface area contributed by atoms with E-state index in [1.165, 1.54) is 11.1 Å². The Kier molecular flexibility index (Phi) is 5.86. The van der Waals surface area contributed by atoms with Crippen LogP contribution < -0.4 is 5.32 Å². The van der Waals surface area contributed by atoms with Gasteiger partial charge in [-0.15, -0.1) is 0 Å². The van der Waals surface area contributed by atoms with Crippen molar-refractivity contribution >= 4 is 11.9 Å². The Bertz CT molecular complexity index is 585. The minimum atomic E-state index is -0.238. The van der Waals surface area contributed by atoms with Gasteiger partial charge in [-0.3, -0.25) is 4.79 Å². The van der Waals surface area contributed by atoms with E-state index in [0.29, 0.717) is 32.6 Å². The molecule has 1 aliphatic heterocycles. The second-order valence-corrected chi connectivity index (χ2v) is 7.54. The lowest BCUT2D eigenvalue weighted by Crippen LogP contribution is -2.56. The number of nitrogens with zero attached hydrogens (tertiary/aromatic N) is 2. The number of rotatable bonds is 3. The van der Waals surface area contributed by atoms with Crippen molar-refractivity contribution in [1.29, 1.82) is 0 Å². The van der Waals surface area contributed by atoms with Gasteiger partial charge in [0.25, 0.3) is 0 Å². The summed E-state index contributed by atoms with van der Waals surface area (Å²) < 4.78 is 0. The third kappa shape index (κ3) is 5.55. The highest BCUT2D eigenvalue weighted by molar-refractivity contribution is 5.78. The quantitative estimate of drug-likeness (QED) is 0.925. The van der Waals surface area contributed by atoms with Crippen LogP contribution in [0.1, 0.15) is 38.3 Å². The van der Waals surface area contributed by atoms with E-state index < -0.39 is 0 Å². The summed E-state index contributed by atoms with van der Waals surface area (Å²) >= 11 is 0. The zero-order chi connectivity index (χ0) is 17.7. The zero-order valence-electron chi connectivity index (χ0n) is 15.3. The molecule has 0 unspecified atom stereocenters. The molecule has 0 atom stereocenters. The van der Waals surface area contributed by atoms with E-state index in [1.54, 1.807) is 4.90 Å². The number of hydrogen-bond donors (Lipinski definition) is 1. The standard InChI is InChI=1S/C19H29N3O2/c1-15-6-5-7-16(14-15)8-9-17(23)21-10-12-22(13-11-21)18(24)20-19(2,3)4/h5-7,14H,8-13H2,1-4H3,(H,20,24). The molecule has 1 aliphatic rings. The molecule has 0 saturated carbocycles. The monoisotopic (exact) mass is 331 g/mol. The first-order chi connectivity index (χ1) is 11.2. The summed E-state index contributed by atoms with van der Waals surface area (Å²) in [6.07, 6.45) is 1.29. The lowest BCUT2D eigenvalue weighted by molar-refractivity contribution is -0.132. The van der Waals surface area contributed by atoms with Gasteiger partial charge in [-0.05, 0) is 39.7 Å². The molecule has 1 aromatic carbocycles. The van der Waals surface area contributed by atoms with Crippen LogP contribution >= 0.6 is 0 Å². The van der Waals surface area contributed by atoms with Gasteiger partial charge in [-0.1, -0.05) is 29.8 Å². The van der Waals surface area contributed by atoms with Crippen molar-refractivity contribution in [2.24, 2.45) is 0 Å². The Hall–Kier alpha value is -2.04. The van der Waals surface area contributed by atoms with Crippen LogP contribution in [0.25, 0.3) is 0 Å². The molecule has 24 heavy (non-hydrogen) atoms. The molecule has 0 bridgehead atoms. The van der Waals surface area contributed by atoms with Gasteiger partial charge in [0.1, 0.15) is 0 Å². The van der Waals surface area contributed by atoms with Gasteiger partial charge in [0.15, 0.2) is 0 Å². The fraction of sp³-hybridized carbons (Fsp3) is 0.579. The van der Waals surface area contributed by atoms with E-state index in [0.717, 1.165) is 6.42 Å². The third-order valence-corrected chi connectivity index (χ3v) is 4.11. The SMILES string of the molecule is Cc1cccc(CCC(=O)N2CCN(C(=O)NC(C)(C)C)CC2)c1. The number of carbonyl (C=O) groups excluding carboxylic acids is 2. The van der Waals surface area contributed by atoms with Crippen molar-refractivity contribution in [3.05, 3.63) is 35.4 Å². The highest BCUT2D eigenvalue weighted by atomic mass is 16.2. The fourth-order valence-electron chi connectivity index (χ4n) is 2.84. The molecule has 0 aliphatic carbocycles. The van der Waals surface area contributed by atoms with Crippen LogP contribution in [0.2, 0.25) is 0 Å². The maximum Gasteiger partial charge on any atom is 0.317 e.